The van der Waals surface area contributed by atoms with Crippen molar-refractivity contribution in [2.24, 2.45) is 0 Å². The van der Waals surface area contributed by atoms with Crippen LogP contribution in [0.1, 0.15) is 220 Å². The van der Waals surface area contributed by atoms with Gasteiger partial charge in [-0.3, -0.25) is 0 Å². The lowest BCUT2D eigenvalue weighted by molar-refractivity contribution is 0.135. The van der Waals surface area contributed by atoms with E-state index in [4.69, 9.17) is 0 Å². The van der Waals surface area contributed by atoms with Crippen molar-refractivity contribution < 1.29 is 0 Å². The van der Waals surface area contributed by atoms with Crippen LogP contribution < -0.4 is 0 Å². The highest BCUT2D eigenvalue weighted by Gasteiger charge is 2.24. The van der Waals surface area contributed by atoms with E-state index in [0.717, 1.165) is 0 Å². The molecule has 2 heteroatoms. The Morgan fingerprint density at radius 2 is 0.561 bits per heavy atom. The van der Waals surface area contributed by atoms with E-state index in [9.17, 15) is 0 Å². The molecule has 0 saturated carbocycles. The molecule has 244 valence electrons. The van der Waals surface area contributed by atoms with Gasteiger partial charge in [-0.25, -0.2) is 0 Å². The molecule has 0 aromatic rings. The van der Waals surface area contributed by atoms with E-state index in [1.165, 1.54) is 212 Å². The molecule has 0 aliphatic carbocycles. The average Bonchev–Trinajstić information content (AvgIpc) is 3.37. The van der Waals surface area contributed by atoms with Gasteiger partial charge in [-0.15, -0.1) is 0 Å². The Hall–Kier alpha value is -0.660. The zero-order valence-electron chi connectivity index (χ0n) is 29.0. The average molecular weight is 575 g/mol. The van der Waals surface area contributed by atoms with Crippen LogP contribution in [0.25, 0.3) is 0 Å². The summed E-state index contributed by atoms with van der Waals surface area (Å²) in [6.45, 7) is 9.48. The molecule has 1 aliphatic heterocycles. The quantitative estimate of drug-likeness (QED) is 0.0719. The normalized spacial score (nSPS) is 13.7. The maximum Gasteiger partial charge on any atom is 0.101 e. The van der Waals surface area contributed by atoms with Gasteiger partial charge in [-0.1, -0.05) is 194 Å². The number of rotatable bonds is 33. The molecule has 0 atom stereocenters. The summed E-state index contributed by atoms with van der Waals surface area (Å²) < 4.78 is 0. The van der Waals surface area contributed by atoms with Crippen LogP contribution in [0.15, 0.2) is 12.4 Å². The highest BCUT2D eigenvalue weighted by Crippen LogP contribution is 2.24. The Balaban J connectivity index is 2.09. The van der Waals surface area contributed by atoms with E-state index >= 15 is 0 Å². The summed E-state index contributed by atoms with van der Waals surface area (Å²) in [6.07, 6.45) is 49.9. The molecule has 0 bridgehead atoms. The van der Waals surface area contributed by atoms with Gasteiger partial charge in [0.25, 0.3) is 0 Å². The van der Waals surface area contributed by atoms with Crippen molar-refractivity contribution >= 4 is 0 Å². The topological polar surface area (TPSA) is 6.48 Å². The number of hydrogen-bond donors (Lipinski definition) is 0. The number of unbranched alkanes of at least 4 members (excludes halogenated alkanes) is 27. The molecule has 0 saturated heterocycles. The molecular formula is C39H78N2. The largest absolute Gasteiger partial charge is 0.356 e. The summed E-state index contributed by atoms with van der Waals surface area (Å²) >= 11 is 0. The summed E-state index contributed by atoms with van der Waals surface area (Å²) in [4.78, 5) is 5.40. The standard InChI is InChI=1S/C39H78N2/c1-4-7-10-13-15-17-19-21-23-25-27-29-32-35-40-37-38-41(39(40)34-31-12-9-6-3)36-33-30-28-26-24-22-20-18-16-14-11-8-5-2/h37-39H,4-36H2,1-3H3. The first kappa shape index (κ1) is 38.4. The first-order chi connectivity index (χ1) is 20.3. The van der Waals surface area contributed by atoms with Gasteiger partial charge in [0, 0.05) is 25.5 Å². The molecule has 0 aromatic carbocycles. The fraction of sp³-hybridized carbons (Fsp3) is 0.949. The van der Waals surface area contributed by atoms with Crippen molar-refractivity contribution in [1.82, 2.24) is 9.80 Å². The maximum atomic E-state index is 2.70. The van der Waals surface area contributed by atoms with Crippen LogP contribution in [0.3, 0.4) is 0 Å². The number of hydrogen-bond acceptors (Lipinski definition) is 2. The summed E-state index contributed by atoms with van der Waals surface area (Å²) in [7, 11) is 0. The van der Waals surface area contributed by atoms with E-state index < -0.39 is 0 Å². The van der Waals surface area contributed by atoms with Gasteiger partial charge in [0.05, 0.1) is 0 Å². The van der Waals surface area contributed by atoms with Crippen LogP contribution in [0.5, 0.6) is 0 Å². The fourth-order valence-corrected chi connectivity index (χ4v) is 6.72. The Bertz CT molecular complexity index is 490. The minimum Gasteiger partial charge on any atom is -0.356 e. The third kappa shape index (κ3) is 23.5. The van der Waals surface area contributed by atoms with E-state index in [0.29, 0.717) is 6.17 Å². The van der Waals surface area contributed by atoms with Crippen LogP contribution in [-0.2, 0) is 0 Å². The van der Waals surface area contributed by atoms with E-state index in [-0.39, 0.29) is 0 Å². The molecule has 0 spiro atoms. The second-order valence-corrected chi connectivity index (χ2v) is 13.6. The van der Waals surface area contributed by atoms with Crippen LogP contribution in [0.4, 0.5) is 0 Å². The highest BCUT2D eigenvalue weighted by atomic mass is 15.4. The summed E-state index contributed by atoms with van der Waals surface area (Å²) in [5, 5.41) is 0. The lowest BCUT2D eigenvalue weighted by Gasteiger charge is -2.33. The van der Waals surface area contributed by atoms with Crippen LogP contribution in [0.2, 0.25) is 0 Å². The lowest BCUT2D eigenvalue weighted by Crippen LogP contribution is -2.39. The SMILES string of the molecule is CCCCCCCCCCCCCCCN1C=CN(CCCCCCCCCCCCCCC)C1CCCCCC. The zero-order chi connectivity index (χ0) is 29.5. The monoisotopic (exact) mass is 575 g/mol. The van der Waals surface area contributed by atoms with Gasteiger partial charge in [-0.05, 0) is 25.7 Å². The number of nitrogens with zero attached hydrogens (tertiary/aromatic N) is 2. The first-order valence-electron chi connectivity index (χ1n) is 19.5. The molecule has 0 aromatic heterocycles. The summed E-state index contributed by atoms with van der Waals surface area (Å²) in [5.41, 5.74) is 0. The predicted molar refractivity (Wildman–Crippen MR) is 186 cm³/mol. The third-order valence-electron chi connectivity index (χ3n) is 9.57. The van der Waals surface area contributed by atoms with Gasteiger partial charge in [0.1, 0.15) is 6.17 Å². The fourth-order valence-electron chi connectivity index (χ4n) is 6.72. The second kappa shape index (κ2) is 30.8. The summed E-state index contributed by atoms with van der Waals surface area (Å²) in [5.74, 6) is 0. The van der Waals surface area contributed by atoms with Gasteiger partial charge < -0.3 is 9.80 Å². The lowest BCUT2D eigenvalue weighted by atomic mass is 10.0. The molecule has 1 heterocycles. The Morgan fingerprint density at radius 3 is 0.854 bits per heavy atom. The molecule has 0 fully saturated rings. The van der Waals surface area contributed by atoms with Gasteiger partial charge in [0.15, 0.2) is 0 Å². The Morgan fingerprint density at radius 1 is 0.317 bits per heavy atom. The molecule has 0 radical (unpaired) electrons. The van der Waals surface area contributed by atoms with Gasteiger partial charge in [0.2, 0.25) is 0 Å². The van der Waals surface area contributed by atoms with E-state index in [1.54, 1.807) is 0 Å². The van der Waals surface area contributed by atoms with Crippen molar-refractivity contribution in [3.05, 3.63) is 12.4 Å². The van der Waals surface area contributed by atoms with E-state index in [2.05, 4.69) is 43.0 Å². The van der Waals surface area contributed by atoms with Crippen molar-refractivity contribution in [1.29, 1.82) is 0 Å². The third-order valence-corrected chi connectivity index (χ3v) is 9.57. The highest BCUT2D eigenvalue weighted by molar-refractivity contribution is 4.97. The zero-order valence-corrected chi connectivity index (χ0v) is 29.0. The van der Waals surface area contributed by atoms with Gasteiger partial charge >= 0.3 is 0 Å². The minimum absolute atomic E-state index is 0.640. The van der Waals surface area contributed by atoms with Crippen LogP contribution in [0, 0.1) is 0 Å². The molecule has 1 aliphatic rings. The molecule has 41 heavy (non-hydrogen) atoms. The maximum absolute atomic E-state index is 2.70. The van der Waals surface area contributed by atoms with Gasteiger partial charge in [-0.2, -0.15) is 0 Å². The molecular weight excluding hydrogens is 496 g/mol. The van der Waals surface area contributed by atoms with E-state index in [1.807, 2.05) is 0 Å². The second-order valence-electron chi connectivity index (χ2n) is 13.6. The molecule has 0 N–H and O–H groups in total. The molecule has 1 rings (SSSR count). The Labute approximate surface area is 260 Å². The van der Waals surface area contributed by atoms with Crippen molar-refractivity contribution in [3.63, 3.8) is 0 Å². The van der Waals surface area contributed by atoms with Crippen molar-refractivity contribution in [2.45, 2.75) is 226 Å². The van der Waals surface area contributed by atoms with Crippen LogP contribution in [-0.4, -0.2) is 29.1 Å². The smallest absolute Gasteiger partial charge is 0.101 e. The minimum atomic E-state index is 0.640. The van der Waals surface area contributed by atoms with Crippen LogP contribution >= 0.6 is 0 Å². The van der Waals surface area contributed by atoms with Crippen molar-refractivity contribution in [2.75, 3.05) is 13.1 Å². The summed E-state index contributed by atoms with van der Waals surface area (Å²) in [6, 6.07) is 0. The Kier molecular flexibility index (Phi) is 28.8. The molecule has 2 nitrogen and oxygen atoms in total. The molecule has 0 amide bonds. The van der Waals surface area contributed by atoms with Crippen molar-refractivity contribution in [3.8, 4) is 0 Å². The molecule has 0 unspecified atom stereocenters. The first-order valence-corrected chi connectivity index (χ1v) is 19.5. The predicted octanol–water partition coefficient (Wildman–Crippen LogP) is 13.6.